The van der Waals surface area contributed by atoms with E-state index in [9.17, 15) is 4.79 Å². The van der Waals surface area contributed by atoms with Gasteiger partial charge in [0, 0.05) is 11.0 Å². The second kappa shape index (κ2) is 5.38. The summed E-state index contributed by atoms with van der Waals surface area (Å²) in [6, 6.07) is 13.8. The number of carbonyl (C=O) groups is 1. The molecule has 3 heterocycles. The van der Waals surface area contributed by atoms with Gasteiger partial charge in [-0.15, -0.1) is 10.2 Å². The number of benzene rings is 1. The van der Waals surface area contributed by atoms with Gasteiger partial charge in [0.05, 0.1) is 5.69 Å². The van der Waals surface area contributed by atoms with E-state index in [0.717, 1.165) is 24.1 Å². The van der Waals surface area contributed by atoms with Crippen molar-refractivity contribution < 1.29 is 9.53 Å². The van der Waals surface area contributed by atoms with Crippen LogP contribution in [0.4, 0.5) is 0 Å². The van der Waals surface area contributed by atoms with Crippen molar-refractivity contribution in [1.82, 2.24) is 19.8 Å². The van der Waals surface area contributed by atoms with Crippen molar-refractivity contribution in [3.8, 4) is 11.3 Å². The van der Waals surface area contributed by atoms with Crippen molar-refractivity contribution in [3.63, 3.8) is 0 Å². The van der Waals surface area contributed by atoms with Crippen LogP contribution in [0.3, 0.4) is 0 Å². The molecule has 2 aliphatic rings. The van der Waals surface area contributed by atoms with Crippen LogP contribution in [0, 0.1) is 11.3 Å². The van der Waals surface area contributed by atoms with E-state index in [1.807, 2.05) is 42.5 Å². The van der Waals surface area contributed by atoms with Crippen LogP contribution < -0.4 is 0 Å². The van der Waals surface area contributed by atoms with E-state index in [2.05, 4.69) is 31.0 Å². The van der Waals surface area contributed by atoms with Crippen molar-refractivity contribution in [1.29, 1.82) is 0 Å². The Morgan fingerprint density at radius 3 is 2.63 bits per heavy atom. The molecule has 0 N–H and O–H groups in total. The molecule has 27 heavy (non-hydrogen) atoms. The molecule has 2 aromatic heterocycles. The lowest BCUT2D eigenvalue weighted by atomic mass is 9.66. The predicted octanol–water partition coefficient (Wildman–Crippen LogP) is 3.63. The molecule has 6 nitrogen and oxygen atoms in total. The minimum Gasteiger partial charge on any atom is -0.458 e. The zero-order valence-corrected chi connectivity index (χ0v) is 15.7. The van der Waals surface area contributed by atoms with Gasteiger partial charge >= 0.3 is 5.97 Å². The molecule has 5 rings (SSSR count). The van der Waals surface area contributed by atoms with E-state index in [1.54, 1.807) is 4.52 Å². The smallest absolute Gasteiger partial charge is 0.317 e. The summed E-state index contributed by atoms with van der Waals surface area (Å²) < 4.78 is 7.65. The number of rotatable bonds is 2. The van der Waals surface area contributed by atoms with Crippen LogP contribution in [-0.2, 0) is 9.53 Å². The summed E-state index contributed by atoms with van der Waals surface area (Å²) in [5, 5.41) is 13.4. The van der Waals surface area contributed by atoms with Gasteiger partial charge in [-0.3, -0.25) is 4.79 Å². The number of hydrogen-bond donors (Lipinski definition) is 0. The van der Waals surface area contributed by atoms with E-state index in [1.165, 1.54) is 0 Å². The summed E-state index contributed by atoms with van der Waals surface area (Å²) in [4.78, 5) is 12.9. The molecule has 1 saturated heterocycles. The fourth-order valence-corrected chi connectivity index (χ4v) is 4.77. The van der Waals surface area contributed by atoms with E-state index < -0.39 is 11.5 Å². The predicted molar refractivity (Wildman–Crippen MR) is 100.0 cm³/mol. The first-order valence-corrected chi connectivity index (χ1v) is 9.41. The summed E-state index contributed by atoms with van der Waals surface area (Å²) in [6.45, 7) is 6.43. The van der Waals surface area contributed by atoms with E-state index >= 15 is 0 Å². The van der Waals surface area contributed by atoms with Gasteiger partial charge in [0.25, 0.3) is 0 Å². The number of fused-ring (bicyclic) bond motifs is 3. The molecular formula is C21H22N4O2. The number of carbonyl (C=O) groups excluding carboxylic acids is 1. The van der Waals surface area contributed by atoms with E-state index in [4.69, 9.17) is 9.84 Å². The zero-order chi connectivity index (χ0) is 18.8. The molecule has 2 unspecified atom stereocenters. The minimum absolute atomic E-state index is 0.117. The first kappa shape index (κ1) is 16.4. The van der Waals surface area contributed by atoms with Crippen molar-refractivity contribution in [2.45, 2.75) is 45.1 Å². The first-order chi connectivity index (χ1) is 12.9. The van der Waals surface area contributed by atoms with Crippen molar-refractivity contribution >= 4 is 11.6 Å². The monoisotopic (exact) mass is 362 g/mol. The second-order valence-electron chi connectivity index (χ2n) is 8.41. The molecule has 2 fully saturated rings. The van der Waals surface area contributed by atoms with Crippen LogP contribution in [0.15, 0.2) is 42.5 Å². The Hall–Kier alpha value is -2.76. The quantitative estimate of drug-likeness (QED) is 0.651. The molecule has 1 aliphatic heterocycles. The van der Waals surface area contributed by atoms with Crippen molar-refractivity contribution in [3.05, 3.63) is 48.3 Å². The molecule has 1 aromatic carbocycles. The summed E-state index contributed by atoms with van der Waals surface area (Å²) in [7, 11) is 0. The van der Waals surface area contributed by atoms with Crippen LogP contribution in [0.1, 0.15) is 45.4 Å². The molecule has 0 spiro atoms. The lowest BCUT2D eigenvalue weighted by molar-refractivity contribution is -0.187. The zero-order valence-electron chi connectivity index (χ0n) is 15.7. The fraction of sp³-hybridized carbons (Fsp3) is 0.429. The second-order valence-corrected chi connectivity index (χ2v) is 8.41. The maximum absolute atomic E-state index is 12.9. The van der Waals surface area contributed by atoms with Crippen molar-refractivity contribution in [2.75, 3.05) is 0 Å². The number of ether oxygens (including phenoxy) is 1. The molecule has 0 amide bonds. The lowest BCUT2D eigenvalue weighted by Gasteiger charge is -2.47. The molecular weight excluding hydrogens is 340 g/mol. The van der Waals surface area contributed by atoms with Gasteiger partial charge in [-0.25, -0.2) is 0 Å². The van der Waals surface area contributed by atoms with Gasteiger partial charge < -0.3 is 4.74 Å². The Labute approximate surface area is 157 Å². The van der Waals surface area contributed by atoms with Crippen LogP contribution in [0.2, 0.25) is 0 Å². The van der Waals surface area contributed by atoms with E-state index in [0.29, 0.717) is 11.5 Å². The fourth-order valence-electron chi connectivity index (χ4n) is 4.77. The van der Waals surface area contributed by atoms with Gasteiger partial charge in [-0.2, -0.15) is 9.61 Å². The number of esters is 1. The van der Waals surface area contributed by atoms with Crippen molar-refractivity contribution in [2.24, 2.45) is 11.3 Å². The van der Waals surface area contributed by atoms with Crippen LogP contribution in [0.25, 0.3) is 16.9 Å². The maximum atomic E-state index is 12.9. The number of hydrogen-bond acceptors (Lipinski definition) is 5. The van der Waals surface area contributed by atoms with Gasteiger partial charge in [-0.1, -0.05) is 44.2 Å². The Bertz CT molecular complexity index is 1040. The van der Waals surface area contributed by atoms with Crippen LogP contribution in [-0.4, -0.2) is 31.4 Å². The van der Waals surface area contributed by atoms with Gasteiger partial charge in [0.1, 0.15) is 11.5 Å². The molecule has 3 atom stereocenters. The van der Waals surface area contributed by atoms with E-state index in [-0.39, 0.29) is 17.3 Å². The summed E-state index contributed by atoms with van der Waals surface area (Å²) >= 11 is 0. The topological polar surface area (TPSA) is 69.4 Å². The Morgan fingerprint density at radius 2 is 1.85 bits per heavy atom. The highest BCUT2D eigenvalue weighted by atomic mass is 16.6. The summed E-state index contributed by atoms with van der Waals surface area (Å²) in [5.41, 5.74) is 1.95. The highest BCUT2D eigenvalue weighted by molar-refractivity contribution is 5.80. The third kappa shape index (κ3) is 2.19. The minimum atomic E-state index is -0.441. The van der Waals surface area contributed by atoms with Gasteiger partial charge in [-0.05, 0) is 37.8 Å². The molecule has 1 saturated carbocycles. The van der Waals surface area contributed by atoms with Crippen LogP contribution in [0.5, 0.6) is 0 Å². The Balaban J connectivity index is 1.64. The Kier molecular flexibility index (Phi) is 3.27. The standard InChI is InChI=1S/C21H22N4O2/c1-20(2)14-11-12-21(20,3)27-19(26)17(14)18-23-22-16-10-9-15(24-25(16)18)13-7-5-4-6-8-13/h4-10,14,17H,11-12H2,1-3H3/t14?,17-,21?/m1/s1. The SMILES string of the molecule is CC12CCC([C@H](c3nnc4ccc(-c5ccccc5)nn34)C(=O)O1)C2(C)C. The van der Waals surface area contributed by atoms with Crippen LogP contribution >= 0.6 is 0 Å². The average Bonchev–Trinajstić information content (AvgIpc) is 3.11. The third-order valence-corrected chi connectivity index (χ3v) is 6.84. The molecule has 0 radical (unpaired) electrons. The van der Waals surface area contributed by atoms with Gasteiger partial charge in [0.15, 0.2) is 11.5 Å². The summed E-state index contributed by atoms with van der Waals surface area (Å²) in [6.07, 6.45) is 1.82. The normalized spacial score (nSPS) is 29.1. The highest BCUT2D eigenvalue weighted by Gasteiger charge is 2.63. The van der Waals surface area contributed by atoms with Gasteiger partial charge in [0.2, 0.25) is 0 Å². The average molecular weight is 362 g/mol. The maximum Gasteiger partial charge on any atom is 0.317 e. The summed E-state index contributed by atoms with van der Waals surface area (Å²) in [5.74, 6) is 0.0952. The molecule has 3 aromatic rings. The largest absolute Gasteiger partial charge is 0.458 e. The molecule has 6 heteroatoms. The molecule has 138 valence electrons. The highest BCUT2D eigenvalue weighted by Crippen LogP contribution is 2.60. The molecule has 2 bridgehead atoms. The molecule has 1 aliphatic carbocycles. The third-order valence-electron chi connectivity index (χ3n) is 6.84. The number of aromatic nitrogens is 4. The Morgan fingerprint density at radius 1 is 1.07 bits per heavy atom. The first-order valence-electron chi connectivity index (χ1n) is 9.41. The number of nitrogens with zero attached hydrogens (tertiary/aromatic N) is 4. The lowest BCUT2D eigenvalue weighted by Crippen LogP contribution is -2.52.